The molecule has 2 nitrogen and oxygen atoms in total. The van der Waals surface area contributed by atoms with Gasteiger partial charge in [0, 0.05) is 6.54 Å². The number of hydrogen-bond donors (Lipinski definition) is 1. The lowest BCUT2D eigenvalue weighted by atomic mass is 10.2. The summed E-state index contributed by atoms with van der Waals surface area (Å²) in [6, 6.07) is 0. The first-order valence-electron chi connectivity index (χ1n) is 3.96. The summed E-state index contributed by atoms with van der Waals surface area (Å²) in [6.07, 6.45) is 1.61. The molecule has 1 fully saturated rings. The lowest BCUT2D eigenvalue weighted by Gasteiger charge is -2.23. The Kier molecular flexibility index (Phi) is 4.37. The predicted molar refractivity (Wildman–Crippen MR) is 49.4 cm³/mol. The van der Waals surface area contributed by atoms with Crippen molar-refractivity contribution in [2.24, 2.45) is 0 Å². The van der Waals surface area contributed by atoms with Crippen molar-refractivity contribution in [1.29, 1.82) is 0 Å². The summed E-state index contributed by atoms with van der Waals surface area (Å²) in [4.78, 5) is 0. The molecular weight excluding hydrogens is 162 g/mol. The zero-order valence-electron chi connectivity index (χ0n) is 7.52. The van der Waals surface area contributed by atoms with Gasteiger partial charge in [-0.25, -0.2) is 0 Å². The molecule has 1 aliphatic rings. The third-order valence-electron chi connectivity index (χ3n) is 1.54. The van der Waals surface area contributed by atoms with Crippen molar-refractivity contribution in [2.75, 3.05) is 13.1 Å². The molecule has 0 aliphatic carbocycles. The number of hydrogen-bond acceptors (Lipinski definition) is 2. The molecule has 0 radical (unpaired) electrons. The van der Waals surface area contributed by atoms with Crippen molar-refractivity contribution >= 4 is 12.4 Å². The maximum Gasteiger partial charge on any atom is 0.0718 e. The fourth-order valence-electron chi connectivity index (χ4n) is 1.23. The van der Waals surface area contributed by atoms with E-state index in [0.717, 1.165) is 19.5 Å². The van der Waals surface area contributed by atoms with Gasteiger partial charge in [-0.15, -0.1) is 12.4 Å². The highest BCUT2D eigenvalue weighted by Crippen LogP contribution is 2.14. The van der Waals surface area contributed by atoms with Gasteiger partial charge in [0.15, 0.2) is 0 Å². The minimum absolute atomic E-state index is 0. The monoisotopic (exact) mass is 179 g/mol. The van der Waals surface area contributed by atoms with Gasteiger partial charge in [-0.2, -0.15) is 0 Å². The first-order valence-corrected chi connectivity index (χ1v) is 3.96. The van der Waals surface area contributed by atoms with E-state index >= 15 is 0 Å². The van der Waals surface area contributed by atoms with Crippen LogP contribution in [0.4, 0.5) is 0 Å². The van der Waals surface area contributed by atoms with E-state index in [1.165, 1.54) is 0 Å². The molecule has 0 aromatic rings. The van der Waals surface area contributed by atoms with Gasteiger partial charge >= 0.3 is 0 Å². The van der Waals surface area contributed by atoms with Crippen LogP contribution >= 0.6 is 12.4 Å². The van der Waals surface area contributed by atoms with Crippen molar-refractivity contribution in [1.82, 2.24) is 5.32 Å². The molecular formula is C8H18ClNO. The van der Waals surface area contributed by atoms with E-state index in [0.29, 0.717) is 6.10 Å². The second kappa shape index (κ2) is 4.29. The molecule has 0 aromatic carbocycles. The minimum atomic E-state index is 0. The van der Waals surface area contributed by atoms with Crippen molar-refractivity contribution in [3.05, 3.63) is 0 Å². The molecule has 1 saturated heterocycles. The fraction of sp³-hybridized carbons (Fsp3) is 1.00. The van der Waals surface area contributed by atoms with Crippen LogP contribution in [0.25, 0.3) is 0 Å². The Morgan fingerprint density at radius 1 is 1.36 bits per heavy atom. The van der Waals surface area contributed by atoms with Crippen LogP contribution in [0.2, 0.25) is 0 Å². The molecule has 11 heavy (non-hydrogen) atoms. The Balaban J connectivity index is 0.000001000. The van der Waals surface area contributed by atoms with Gasteiger partial charge in [0.25, 0.3) is 0 Å². The van der Waals surface area contributed by atoms with Gasteiger partial charge in [0.1, 0.15) is 0 Å². The van der Waals surface area contributed by atoms with E-state index in [1.807, 2.05) is 0 Å². The maximum atomic E-state index is 5.74. The first kappa shape index (κ1) is 11.2. The summed E-state index contributed by atoms with van der Waals surface area (Å²) in [5.41, 5.74) is 0.0245. The number of ether oxygens (including phenoxy) is 1. The molecule has 1 rings (SSSR count). The standard InChI is InChI=1S/C8H17NO.ClH/c1-8(2,3)10-7-4-5-9-6-7;/h7,9H,4-6H2,1-3H3;1H. The average Bonchev–Trinajstić information content (AvgIpc) is 2.12. The van der Waals surface area contributed by atoms with Crippen LogP contribution in [0.5, 0.6) is 0 Å². The topological polar surface area (TPSA) is 21.3 Å². The third-order valence-corrected chi connectivity index (χ3v) is 1.54. The van der Waals surface area contributed by atoms with Gasteiger partial charge in [-0.1, -0.05) is 0 Å². The molecule has 0 saturated carbocycles. The van der Waals surface area contributed by atoms with Gasteiger partial charge in [-0.3, -0.25) is 0 Å². The van der Waals surface area contributed by atoms with E-state index in [2.05, 4.69) is 26.1 Å². The molecule has 0 spiro atoms. The number of halogens is 1. The summed E-state index contributed by atoms with van der Waals surface area (Å²) >= 11 is 0. The lowest BCUT2D eigenvalue weighted by Crippen LogP contribution is -2.28. The minimum Gasteiger partial charge on any atom is -0.371 e. The van der Waals surface area contributed by atoms with Gasteiger partial charge in [0.2, 0.25) is 0 Å². The molecule has 1 unspecified atom stereocenters. The van der Waals surface area contributed by atoms with Crippen molar-refractivity contribution in [2.45, 2.75) is 38.9 Å². The predicted octanol–water partition coefficient (Wildman–Crippen LogP) is 1.59. The molecule has 0 bridgehead atoms. The van der Waals surface area contributed by atoms with Crippen LogP contribution in [0.1, 0.15) is 27.2 Å². The molecule has 1 heterocycles. The largest absolute Gasteiger partial charge is 0.371 e. The number of nitrogens with one attached hydrogen (secondary N) is 1. The van der Waals surface area contributed by atoms with Crippen LogP contribution in [0.3, 0.4) is 0 Å². The zero-order chi connectivity index (χ0) is 7.61. The van der Waals surface area contributed by atoms with E-state index in [4.69, 9.17) is 4.74 Å². The molecule has 3 heteroatoms. The van der Waals surface area contributed by atoms with Crippen molar-refractivity contribution in [3.63, 3.8) is 0 Å². The summed E-state index contributed by atoms with van der Waals surface area (Å²) in [6.45, 7) is 8.44. The lowest BCUT2D eigenvalue weighted by molar-refractivity contribution is -0.0499. The Morgan fingerprint density at radius 2 is 2.00 bits per heavy atom. The van der Waals surface area contributed by atoms with Crippen LogP contribution in [-0.2, 0) is 4.74 Å². The second-order valence-electron chi connectivity index (χ2n) is 3.85. The quantitative estimate of drug-likeness (QED) is 0.660. The molecule has 1 atom stereocenters. The number of rotatable bonds is 1. The van der Waals surface area contributed by atoms with Gasteiger partial charge < -0.3 is 10.1 Å². The molecule has 1 aliphatic heterocycles. The fourth-order valence-corrected chi connectivity index (χ4v) is 1.23. The highest BCUT2D eigenvalue weighted by molar-refractivity contribution is 5.85. The van der Waals surface area contributed by atoms with Crippen LogP contribution in [0.15, 0.2) is 0 Å². The molecule has 1 N–H and O–H groups in total. The normalized spacial score (nSPS) is 24.8. The van der Waals surface area contributed by atoms with Gasteiger partial charge in [0.05, 0.1) is 11.7 Å². The van der Waals surface area contributed by atoms with E-state index in [1.54, 1.807) is 0 Å². The summed E-state index contributed by atoms with van der Waals surface area (Å²) in [5, 5.41) is 3.27. The average molecular weight is 180 g/mol. The van der Waals surface area contributed by atoms with Crippen molar-refractivity contribution in [3.8, 4) is 0 Å². The highest BCUT2D eigenvalue weighted by atomic mass is 35.5. The Morgan fingerprint density at radius 3 is 2.36 bits per heavy atom. The SMILES string of the molecule is CC(C)(C)OC1CCNC1.Cl. The summed E-state index contributed by atoms with van der Waals surface area (Å²) < 4.78 is 5.74. The van der Waals surface area contributed by atoms with Crippen molar-refractivity contribution < 1.29 is 4.74 Å². The van der Waals surface area contributed by atoms with Gasteiger partial charge in [-0.05, 0) is 33.7 Å². The smallest absolute Gasteiger partial charge is 0.0718 e. The van der Waals surface area contributed by atoms with Crippen LogP contribution in [-0.4, -0.2) is 24.8 Å². The second-order valence-corrected chi connectivity index (χ2v) is 3.85. The molecule has 68 valence electrons. The van der Waals surface area contributed by atoms with E-state index in [9.17, 15) is 0 Å². The Labute approximate surface area is 75.1 Å². The first-order chi connectivity index (χ1) is 4.58. The Hall–Kier alpha value is 0.210. The molecule has 0 aromatic heterocycles. The zero-order valence-corrected chi connectivity index (χ0v) is 8.33. The van der Waals surface area contributed by atoms with Crippen LogP contribution in [0, 0.1) is 0 Å². The van der Waals surface area contributed by atoms with Crippen LogP contribution < -0.4 is 5.32 Å². The maximum absolute atomic E-state index is 5.74. The molecule has 0 amide bonds. The van der Waals surface area contributed by atoms with E-state index in [-0.39, 0.29) is 18.0 Å². The third kappa shape index (κ3) is 4.62. The van der Waals surface area contributed by atoms with E-state index < -0.39 is 0 Å². The summed E-state index contributed by atoms with van der Waals surface area (Å²) in [7, 11) is 0. The Bertz CT molecular complexity index is 105. The highest BCUT2D eigenvalue weighted by Gasteiger charge is 2.21. The summed E-state index contributed by atoms with van der Waals surface area (Å²) in [5.74, 6) is 0.